The lowest BCUT2D eigenvalue weighted by Gasteiger charge is -2.11. The van der Waals surface area contributed by atoms with Crippen LogP contribution < -0.4 is 10.6 Å². The van der Waals surface area contributed by atoms with E-state index in [2.05, 4.69) is 9.97 Å². The summed E-state index contributed by atoms with van der Waals surface area (Å²) in [6.07, 6.45) is 0. The van der Waals surface area contributed by atoms with Gasteiger partial charge in [0, 0.05) is 27.3 Å². The van der Waals surface area contributed by atoms with E-state index in [1.807, 2.05) is 14.1 Å². The second-order valence-electron chi connectivity index (χ2n) is 2.91. The summed E-state index contributed by atoms with van der Waals surface area (Å²) in [5, 5.41) is 0. The van der Waals surface area contributed by atoms with Crippen LogP contribution in [0.25, 0.3) is 0 Å². The van der Waals surface area contributed by atoms with E-state index in [9.17, 15) is 0 Å². The molecule has 0 aliphatic heterocycles. The van der Waals surface area contributed by atoms with Gasteiger partial charge in [0.25, 0.3) is 0 Å². The van der Waals surface area contributed by atoms with Gasteiger partial charge in [0.05, 0.1) is 12.3 Å². The fourth-order valence-corrected chi connectivity index (χ4v) is 0.926. The van der Waals surface area contributed by atoms with Gasteiger partial charge in [-0.1, -0.05) is 0 Å². The van der Waals surface area contributed by atoms with Crippen LogP contribution in [0.1, 0.15) is 5.69 Å². The highest BCUT2D eigenvalue weighted by Gasteiger charge is 2.03. The minimum Gasteiger partial charge on any atom is -0.384 e. The van der Waals surface area contributed by atoms with E-state index in [1.165, 1.54) is 0 Å². The number of aromatic nitrogens is 2. The number of anilines is 2. The molecule has 0 aliphatic rings. The molecule has 0 amide bonds. The fraction of sp³-hybridized carbons (Fsp3) is 0.500. The molecular formula is C8H14N4O. The maximum absolute atomic E-state index is 5.59. The lowest BCUT2D eigenvalue weighted by Crippen LogP contribution is -2.14. The van der Waals surface area contributed by atoms with Gasteiger partial charge in [-0.15, -0.1) is 0 Å². The Bertz CT molecular complexity index is 287. The highest BCUT2D eigenvalue weighted by atomic mass is 16.5. The number of nitrogen functional groups attached to an aromatic ring is 1. The molecule has 0 unspecified atom stereocenters. The molecule has 1 heterocycles. The van der Waals surface area contributed by atoms with E-state index in [-0.39, 0.29) is 0 Å². The quantitative estimate of drug-likeness (QED) is 0.727. The van der Waals surface area contributed by atoms with E-state index in [0.717, 1.165) is 5.69 Å². The Kier molecular flexibility index (Phi) is 3.02. The maximum Gasteiger partial charge on any atom is 0.227 e. The van der Waals surface area contributed by atoms with Crippen LogP contribution in [0.2, 0.25) is 0 Å². The van der Waals surface area contributed by atoms with Crippen LogP contribution in [-0.4, -0.2) is 31.2 Å². The first-order valence-corrected chi connectivity index (χ1v) is 3.93. The molecule has 0 saturated carbocycles. The molecule has 0 aromatic carbocycles. The summed E-state index contributed by atoms with van der Waals surface area (Å²) in [5.41, 5.74) is 6.38. The number of rotatable bonds is 3. The number of hydrogen-bond donors (Lipinski definition) is 1. The van der Waals surface area contributed by atoms with Gasteiger partial charge in [0.1, 0.15) is 5.82 Å². The number of nitrogens with zero attached hydrogens (tertiary/aromatic N) is 3. The summed E-state index contributed by atoms with van der Waals surface area (Å²) < 4.78 is 4.95. The molecule has 5 heteroatoms. The minimum atomic E-state index is 0.452. The van der Waals surface area contributed by atoms with Gasteiger partial charge in [0.15, 0.2) is 0 Å². The zero-order valence-electron chi connectivity index (χ0n) is 8.11. The summed E-state index contributed by atoms with van der Waals surface area (Å²) in [4.78, 5) is 10.1. The molecule has 1 aromatic rings. The predicted octanol–water partition coefficient (Wildman–Crippen LogP) is 0.271. The molecule has 72 valence electrons. The topological polar surface area (TPSA) is 64.3 Å². The third-order valence-electron chi connectivity index (χ3n) is 1.48. The first-order valence-electron chi connectivity index (χ1n) is 3.93. The predicted molar refractivity (Wildman–Crippen MR) is 51.5 cm³/mol. The number of methoxy groups -OCH3 is 1. The van der Waals surface area contributed by atoms with Crippen molar-refractivity contribution in [2.24, 2.45) is 0 Å². The third kappa shape index (κ3) is 2.55. The molecule has 0 spiro atoms. The summed E-state index contributed by atoms with van der Waals surface area (Å²) >= 11 is 0. The van der Waals surface area contributed by atoms with Crippen molar-refractivity contribution in [3.8, 4) is 0 Å². The molecule has 1 aromatic heterocycles. The van der Waals surface area contributed by atoms with Crippen molar-refractivity contribution < 1.29 is 4.74 Å². The van der Waals surface area contributed by atoms with Crippen LogP contribution in [0.15, 0.2) is 6.07 Å². The van der Waals surface area contributed by atoms with Crippen LogP contribution in [0, 0.1) is 0 Å². The zero-order chi connectivity index (χ0) is 9.84. The summed E-state index contributed by atoms with van der Waals surface area (Å²) in [6, 6.07) is 1.70. The zero-order valence-corrected chi connectivity index (χ0v) is 8.11. The molecule has 0 atom stereocenters. The van der Waals surface area contributed by atoms with Crippen molar-refractivity contribution in [2.75, 3.05) is 31.8 Å². The molecule has 0 fully saturated rings. The fourth-order valence-electron chi connectivity index (χ4n) is 0.926. The average molecular weight is 182 g/mol. The Balaban J connectivity index is 2.96. The Morgan fingerprint density at radius 3 is 2.69 bits per heavy atom. The molecule has 0 saturated heterocycles. The molecule has 2 N–H and O–H groups in total. The van der Waals surface area contributed by atoms with E-state index in [0.29, 0.717) is 18.4 Å². The minimum absolute atomic E-state index is 0.452. The summed E-state index contributed by atoms with van der Waals surface area (Å²) in [5.74, 6) is 1.07. The van der Waals surface area contributed by atoms with Crippen LogP contribution in [-0.2, 0) is 11.3 Å². The molecule has 0 radical (unpaired) electrons. The van der Waals surface area contributed by atoms with Crippen molar-refractivity contribution in [1.82, 2.24) is 9.97 Å². The maximum atomic E-state index is 5.59. The molecular weight excluding hydrogens is 168 g/mol. The normalized spacial score (nSPS) is 10.1. The highest BCUT2D eigenvalue weighted by molar-refractivity contribution is 5.39. The van der Waals surface area contributed by atoms with E-state index < -0.39 is 0 Å². The SMILES string of the molecule is COCc1cc(N)nc(N(C)C)n1. The van der Waals surface area contributed by atoms with Crippen molar-refractivity contribution in [1.29, 1.82) is 0 Å². The van der Waals surface area contributed by atoms with Crippen molar-refractivity contribution in [3.05, 3.63) is 11.8 Å². The highest BCUT2D eigenvalue weighted by Crippen LogP contribution is 2.09. The lowest BCUT2D eigenvalue weighted by molar-refractivity contribution is 0.181. The van der Waals surface area contributed by atoms with Crippen molar-refractivity contribution >= 4 is 11.8 Å². The van der Waals surface area contributed by atoms with Gasteiger partial charge in [-0.05, 0) is 0 Å². The van der Waals surface area contributed by atoms with Gasteiger partial charge in [-0.3, -0.25) is 0 Å². The molecule has 0 bridgehead atoms. The Morgan fingerprint density at radius 2 is 2.15 bits per heavy atom. The van der Waals surface area contributed by atoms with E-state index in [4.69, 9.17) is 10.5 Å². The van der Waals surface area contributed by atoms with E-state index >= 15 is 0 Å². The van der Waals surface area contributed by atoms with Crippen LogP contribution in [0.3, 0.4) is 0 Å². The van der Waals surface area contributed by atoms with Crippen molar-refractivity contribution in [2.45, 2.75) is 6.61 Å². The van der Waals surface area contributed by atoms with Gasteiger partial charge in [0.2, 0.25) is 5.95 Å². The summed E-state index contributed by atoms with van der Waals surface area (Å²) in [7, 11) is 5.35. The second-order valence-corrected chi connectivity index (χ2v) is 2.91. The number of hydrogen-bond acceptors (Lipinski definition) is 5. The van der Waals surface area contributed by atoms with Crippen LogP contribution >= 0.6 is 0 Å². The lowest BCUT2D eigenvalue weighted by atomic mass is 10.4. The first-order chi connectivity index (χ1) is 6.13. The molecule has 13 heavy (non-hydrogen) atoms. The molecule has 1 rings (SSSR count). The Labute approximate surface area is 77.5 Å². The Hall–Kier alpha value is -1.36. The summed E-state index contributed by atoms with van der Waals surface area (Å²) in [6.45, 7) is 0.452. The van der Waals surface area contributed by atoms with Gasteiger partial charge in [-0.25, -0.2) is 4.98 Å². The third-order valence-corrected chi connectivity index (χ3v) is 1.48. The van der Waals surface area contributed by atoms with Crippen LogP contribution in [0.4, 0.5) is 11.8 Å². The molecule has 5 nitrogen and oxygen atoms in total. The second kappa shape index (κ2) is 4.04. The van der Waals surface area contributed by atoms with Crippen LogP contribution in [0.5, 0.6) is 0 Å². The largest absolute Gasteiger partial charge is 0.384 e. The number of nitrogens with two attached hydrogens (primary N) is 1. The smallest absolute Gasteiger partial charge is 0.227 e. The van der Waals surface area contributed by atoms with Gasteiger partial charge in [-0.2, -0.15) is 4.98 Å². The number of ether oxygens (including phenoxy) is 1. The van der Waals surface area contributed by atoms with E-state index in [1.54, 1.807) is 18.1 Å². The average Bonchev–Trinajstić information content (AvgIpc) is 2.03. The van der Waals surface area contributed by atoms with Crippen molar-refractivity contribution in [3.63, 3.8) is 0 Å². The monoisotopic (exact) mass is 182 g/mol. The molecule has 0 aliphatic carbocycles. The van der Waals surface area contributed by atoms with Gasteiger partial charge < -0.3 is 15.4 Å². The van der Waals surface area contributed by atoms with Gasteiger partial charge >= 0.3 is 0 Å². The Morgan fingerprint density at radius 1 is 1.46 bits per heavy atom. The first kappa shape index (κ1) is 9.73. The standard InChI is InChI=1S/C8H14N4O/c1-12(2)8-10-6(5-13-3)4-7(9)11-8/h4H,5H2,1-3H3,(H2,9,10,11).